The van der Waals surface area contributed by atoms with E-state index in [0.29, 0.717) is 39.5 Å². The predicted molar refractivity (Wildman–Crippen MR) is 138 cm³/mol. The molecule has 0 saturated carbocycles. The highest BCUT2D eigenvalue weighted by atomic mass is 35.5. The number of halogens is 1. The van der Waals surface area contributed by atoms with Crippen LogP contribution in [0.1, 0.15) is 24.1 Å². The largest absolute Gasteiger partial charge is 0.495 e. The van der Waals surface area contributed by atoms with E-state index in [4.69, 9.17) is 26.4 Å². The summed E-state index contributed by atoms with van der Waals surface area (Å²) in [5.74, 6) is 1.38. The first-order valence-corrected chi connectivity index (χ1v) is 11.5. The van der Waals surface area contributed by atoms with Gasteiger partial charge in [0.25, 0.3) is 5.91 Å². The molecule has 0 spiro atoms. The van der Waals surface area contributed by atoms with Crippen LogP contribution in [0.3, 0.4) is 0 Å². The Hall–Kier alpha value is -4.10. The molecule has 4 aromatic rings. The number of benzene rings is 3. The minimum absolute atomic E-state index is 0.289. The number of nitrogens with zero attached hydrogens (tertiary/aromatic N) is 3. The first-order valence-electron chi connectivity index (χ1n) is 11.2. The van der Waals surface area contributed by atoms with Crippen LogP contribution in [0.2, 0.25) is 5.02 Å². The molecule has 0 fully saturated rings. The molecule has 0 saturated heterocycles. The molecule has 1 atom stereocenters. The highest BCUT2D eigenvalue weighted by molar-refractivity contribution is 6.31. The number of carbonyl (C=O) groups is 1. The van der Waals surface area contributed by atoms with Crippen LogP contribution in [0.5, 0.6) is 5.75 Å². The Balaban J connectivity index is 1.62. The Kier molecular flexibility index (Phi) is 6.01. The van der Waals surface area contributed by atoms with Crippen molar-refractivity contribution >= 4 is 29.1 Å². The van der Waals surface area contributed by atoms with E-state index in [-0.39, 0.29) is 5.91 Å². The molecule has 1 aliphatic heterocycles. The lowest BCUT2D eigenvalue weighted by Gasteiger charge is -2.29. The van der Waals surface area contributed by atoms with Gasteiger partial charge in [0.1, 0.15) is 11.8 Å². The van der Waals surface area contributed by atoms with E-state index >= 15 is 0 Å². The Morgan fingerprint density at radius 2 is 1.83 bits per heavy atom. The second kappa shape index (κ2) is 9.27. The standard InChI is InChI=1S/C27H24ClN5O2/c1-16-9-8-10-18(15-16)25-31-27-29-17(2)23(26(34)30-21-13-6-7-14-22(21)35-3)24(33(27)32-25)19-11-4-5-12-20(19)28/h4-15,24H,1-3H3,(H,30,34)(H,29,31,32). The van der Waals surface area contributed by atoms with Gasteiger partial charge in [0.15, 0.2) is 5.82 Å². The minimum atomic E-state index is -0.583. The molecule has 5 rings (SSSR count). The van der Waals surface area contributed by atoms with Crippen LogP contribution < -0.4 is 15.4 Å². The third-order valence-corrected chi connectivity index (χ3v) is 6.27. The third kappa shape index (κ3) is 4.26. The Labute approximate surface area is 208 Å². The average molecular weight is 486 g/mol. The average Bonchev–Trinajstić information content (AvgIpc) is 3.27. The summed E-state index contributed by atoms with van der Waals surface area (Å²) in [5, 5.41) is 11.6. The van der Waals surface area contributed by atoms with E-state index in [1.165, 1.54) is 0 Å². The van der Waals surface area contributed by atoms with Crippen molar-refractivity contribution in [3.63, 3.8) is 0 Å². The number of allylic oxidation sites excluding steroid dienone is 1. The maximum Gasteiger partial charge on any atom is 0.255 e. The molecule has 1 unspecified atom stereocenters. The second-order valence-electron chi connectivity index (χ2n) is 8.32. The number of methoxy groups -OCH3 is 1. The Bertz CT molecular complexity index is 1460. The van der Waals surface area contributed by atoms with Crippen LogP contribution in [-0.4, -0.2) is 27.8 Å². The molecule has 0 aliphatic carbocycles. The molecule has 7 nitrogen and oxygen atoms in total. The van der Waals surface area contributed by atoms with Crippen LogP contribution in [-0.2, 0) is 4.79 Å². The van der Waals surface area contributed by atoms with Gasteiger partial charge >= 0.3 is 0 Å². The predicted octanol–water partition coefficient (Wildman–Crippen LogP) is 5.84. The summed E-state index contributed by atoms with van der Waals surface area (Å²) < 4.78 is 7.14. The highest BCUT2D eigenvalue weighted by Gasteiger charge is 2.35. The van der Waals surface area contributed by atoms with Crippen molar-refractivity contribution < 1.29 is 9.53 Å². The van der Waals surface area contributed by atoms with E-state index < -0.39 is 6.04 Å². The zero-order valence-corrected chi connectivity index (χ0v) is 20.3. The molecule has 2 N–H and O–H groups in total. The van der Waals surface area contributed by atoms with Gasteiger partial charge in [0.2, 0.25) is 5.95 Å². The molecule has 35 heavy (non-hydrogen) atoms. The zero-order valence-electron chi connectivity index (χ0n) is 19.5. The second-order valence-corrected chi connectivity index (χ2v) is 8.72. The van der Waals surface area contributed by atoms with E-state index in [0.717, 1.165) is 16.7 Å². The van der Waals surface area contributed by atoms with Gasteiger partial charge < -0.3 is 15.4 Å². The molecule has 1 aliphatic rings. The van der Waals surface area contributed by atoms with Crippen LogP contribution in [0.4, 0.5) is 11.6 Å². The van der Waals surface area contributed by atoms with Crippen LogP contribution >= 0.6 is 11.6 Å². The molecular weight excluding hydrogens is 462 g/mol. The van der Waals surface area contributed by atoms with Gasteiger partial charge in [-0.2, -0.15) is 4.98 Å². The van der Waals surface area contributed by atoms with Crippen molar-refractivity contribution in [1.82, 2.24) is 14.8 Å². The van der Waals surface area contributed by atoms with Crippen molar-refractivity contribution in [3.05, 3.63) is 100 Å². The lowest BCUT2D eigenvalue weighted by Crippen LogP contribution is -2.31. The van der Waals surface area contributed by atoms with Gasteiger partial charge in [0.05, 0.1) is 18.4 Å². The van der Waals surface area contributed by atoms with Crippen molar-refractivity contribution in [2.75, 3.05) is 17.7 Å². The maximum absolute atomic E-state index is 13.7. The fraction of sp³-hybridized carbons (Fsp3) is 0.148. The summed E-state index contributed by atoms with van der Waals surface area (Å²) >= 11 is 6.64. The number of amides is 1. The molecule has 8 heteroatoms. The number of hydrogen-bond acceptors (Lipinski definition) is 5. The van der Waals surface area contributed by atoms with Gasteiger partial charge in [-0.1, -0.05) is 65.7 Å². The number of rotatable bonds is 5. The van der Waals surface area contributed by atoms with Gasteiger partial charge in [-0.3, -0.25) is 4.79 Å². The number of hydrogen-bond donors (Lipinski definition) is 2. The number of nitrogens with one attached hydrogen (secondary N) is 2. The zero-order chi connectivity index (χ0) is 24.5. The first kappa shape index (κ1) is 22.7. The molecule has 0 bridgehead atoms. The smallest absolute Gasteiger partial charge is 0.255 e. The van der Waals surface area contributed by atoms with Crippen molar-refractivity contribution in [3.8, 4) is 17.1 Å². The molecule has 2 heterocycles. The number of carbonyl (C=O) groups excluding carboxylic acids is 1. The Morgan fingerprint density at radius 1 is 1.06 bits per heavy atom. The van der Waals surface area contributed by atoms with E-state index in [9.17, 15) is 4.79 Å². The quantitative estimate of drug-likeness (QED) is 0.371. The highest BCUT2D eigenvalue weighted by Crippen LogP contribution is 2.39. The lowest BCUT2D eigenvalue weighted by molar-refractivity contribution is -0.113. The molecule has 1 amide bonds. The normalized spacial score (nSPS) is 14.8. The number of para-hydroxylation sites is 2. The fourth-order valence-corrected chi connectivity index (χ4v) is 4.51. The molecule has 0 radical (unpaired) electrons. The summed E-state index contributed by atoms with van der Waals surface area (Å²) in [6, 6.07) is 22.2. The SMILES string of the molecule is COc1ccccc1NC(=O)C1=C(C)Nc2nc(-c3cccc(C)c3)nn2C1c1ccccc1Cl. The van der Waals surface area contributed by atoms with Gasteiger partial charge in [-0.05, 0) is 38.1 Å². The van der Waals surface area contributed by atoms with Crippen LogP contribution in [0, 0.1) is 6.92 Å². The Morgan fingerprint density at radius 3 is 2.60 bits per heavy atom. The van der Waals surface area contributed by atoms with Crippen molar-refractivity contribution in [2.24, 2.45) is 0 Å². The summed E-state index contributed by atoms with van der Waals surface area (Å²) in [6.45, 7) is 3.88. The van der Waals surface area contributed by atoms with Gasteiger partial charge in [-0.15, -0.1) is 5.10 Å². The van der Waals surface area contributed by atoms with Crippen molar-refractivity contribution in [2.45, 2.75) is 19.9 Å². The molecule has 176 valence electrons. The number of aryl methyl sites for hydroxylation is 1. The number of ether oxygens (including phenoxy) is 1. The molecular formula is C27H24ClN5O2. The lowest BCUT2D eigenvalue weighted by atomic mass is 9.95. The van der Waals surface area contributed by atoms with Gasteiger partial charge in [-0.25, -0.2) is 4.68 Å². The summed E-state index contributed by atoms with van der Waals surface area (Å²) in [7, 11) is 1.57. The third-order valence-electron chi connectivity index (χ3n) is 5.93. The van der Waals surface area contributed by atoms with Crippen LogP contribution in [0.15, 0.2) is 84.1 Å². The van der Waals surface area contributed by atoms with E-state index in [2.05, 4.69) is 10.6 Å². The monoisotopic (exact) mass is 485 g/mol. The summed E-state index contributed by atoms with van der Waals surface area (Å²) in [5.41, 5.74) is 4.47. The minimum Gasteiger partial charge on any atom is -0.495 e. The fourth-order valence-electron chi connectivity index (χ4n) is 4.27. The van der Waals surface area contributed by atoms with Crippen molar-refractivity contribution in [1.29, 1.82) is 0 Å². The topological polar surface area (TPSA) is 81.1 Å². The number of fused-ring (bicyclic) bond motifs is 1. The summed E-state index contributed by atoms with van der Waals surface area (Å²) in [4.78, 5) is 18.4. The number of aromatic nitrogens is 3. The van der Waals surface area contributed by atoms with Crippen LogP contribution in [0.25, 0.3) is 11.4 Å². The van der Waals surface area contributed by atoms with E-state index in [1.54, 1.807) is 23.9 Å². The maximum atomic E-state index is 13.7. The molecule has 3 aromatic carbocycles. The summed E-state index contributed by atoms with van der Waals surface area (Å²) in [6.07, 6.45) is 0. The first-order chi connectivity index (χ1) is 17.0. The van der Waals surface area contributed by atoms with E-state index in [1.807, 2.05) is 74.5 Å². The van der Waals surface area contributed by atoms with Gasteiger partial charge in [0, 0.05) is 21.8 Å². The number of anilines is 2. The molecule has 1 aromatic heterocycles.